The zero-order valence-electron chi connectivity index (χ0n) is 8.76. The third-order valence-electron chi connectivity index (χ3n) is 2.12. The fourth-order valence-electron chi connectivity index (χ4n) is 1.34. The van der Waals surface area contributed by atoms with Crippen molar-refractivity contribution in [2.24, 2.45) is 0 Å². The van der Waals surface area contributed by atoms with Gasteiger partial charge in [0.1, 0.15) is 11.5 Å². The Balaban J connectivity index is 2.20. The fourth-order valence-corrected chi connectivity index (χ4v) is 1.55. The first-order valence-corrected chi connectivity index (χ1v) is 5.30. The normalized spacial score (nSPS) is 9.94. The first-order chi connectivity index (χ1) is 8.16. The van der Waals surface area contributed by atoms with E-state index in [0.717, 1.165) is 0 Å². The van der Waals surface area contributed by atoms with Gasteiger partial charge in [-0.25, -0.2) is 4.79 Å². The molecule has 0 spiro atoms. The molecule has 0 saturated carbocycles. The lowest BCUT2D eigenvalue weighted by atomic mass is 10.2. The minimum atomic E-state index is -0.554. The highest BCUT2D eigenvalue weighted by atomic mass is 35.5. The number of halogens is 1. The summed E-state index contributed by atoms with van der Waals surface area (Å²) >= 11 is 5.87. The number of ether oxygens (including phenoxy) is 1. The van der Waals surface area contributed by atoms with Crippen LogP contribution in [0.3, 0.4) is 0 Å². The molecule has 0 heterocycles. The van der Waals surface area contributed by atoms with E-state index >= 15 is 0 Å². The fraction of sp³-hybridized carbons (Fsp3) is 0. The summed E-state index contributed by atoms with van der Waals surface area (Å²) in [5.41, 5.74) is 0.289. The van der Waals surface area contributed by atoms with Crippen LogP contribution >= 0.6 is 11.6 Å². The third kappa shape index (κ3) is 2.77. The molecule has 2 rings (SSSR count). The SMILES string of the molecule is O=C(Oc1cccc(O)c1)c1ccccc1Cl. The van der Waals surface area contributed by atoms with Crippen LogP contribution in [0, 0.1) is 0 Å². The van der Waals surface area contributed by atoms with E-state index in [0.29, 0.717) is 5.02 Å². The molecule has 0 amide bonds. The maximum absolute atomic E-state index is 11.8. The number of hydrogen-bond acceptors (Lipinski definition) is 3. The van der Waals surface area contributed by atoms with Gasteiger partial charge in [-0.15, -0.1) is 0 Å². The quantitative estimate of drug-likeness (QED) is 0.655. The number of benzene rings is 2. The van der Waals surface area contributed by atoms with Crippen molar-refractivity contribution in [3.05, 3.63) is 59.1 Å². The molecule has 0 radical (unpaired) electrons. The largest absolute Gasteiger partial charge is 0.508 e. The number of carbonyl (C=O) groups is 1. The Labute approximate surface area is 103 Å². The molecule has 0 aliphatic carbocycles. The van der Waals surface area contributed by atoms with Gasteiger partial charge in [0.2, 0.25) is 0 Å². The first kappa shape index (κ1) is 11.5. The molecule has 4 heteroatoms. The van der Waals surface area contributed by atoms with Gasteiger partial charge in [-0.05, 0) is 24.3 Å². The van der Waals surface area contributed by atoms with Gasteiger partial charge in [0.15, 0.2) is 0 Å². The average Bonchev–Trinajstić information content (AvgIpc) is 2.29. The van der Waals surface area contributed by atoms with Crippen molar-refractivity contribution >= 4 is 17.6 Å². The minimum Gasteiger partial charge on any atom is -0.508 e. The van der Waals surface area contributed by atoms with Crippen molar-refractivity contribution in [3.63, 3.8) is 0 Å². The van der Waals surface area contributed by atoms with Gasteiger partial charge in [0, 0.05) is 6.07 Å². The summed E-state index contributed by atoms with van der Waals surface area (Å²) < 4.78 is 5.08. The van der Waals surface area contributed by atoms with Crippen LogP contribution < -0.4 is 4.74 Å². The van der Waals surface area contributed by atoms with Gasteiger partial charge in [-0.2, -0.15) is 0 Å². The number of aromatic hydroxyl groups is 1. The molecular weight excluding hydrogens is 240 g/mol. The number of hydrogen-bond donors (Lipinski definition) is 1. The van der Waals surface area contributed by atoms with Gasteiger partial charge in [0.05, 0.1) is 10.6 Å². The summed E-state index contributed by atoms with van der Waals surface area (Å²) in [6.45, 7) is 0. The van der Waals surface area contributed by atoms with Gasteiger partial charge in [-0.1, -0.05) is 29.8 Å². The van der Waals surface area contributed by atoms with Crippen LogP contribution in [0.15, 0.2) is 48.5 Å². The molecule has 0 bridgehead atoms. The zero-order chi connectivity index (χ0) is 12.3. The maximum atomic E-state index is 11.8. The molecule has 0 fully saturated rings. The number of rotatable bonds is 2. The standard InChI is InChI=1S/C13H9ClO3/c14-12-7-2-1-6-11(12)13(16)17-10-5-3-4-9(15)8-10/h1-8,15H. The molecule has 2 aromatic carbocycles. The van der Waals surface area contributed by atoms with Crippen molar-refractivity contribution in [2.45, 2.75) is 0 Å². The van der Waals surface area contributed by atoms with E-state index in [-0.39, 0.29) is 17.1 Å². The molecular formula is C13H9ClO3. The zero-order valence-corrected chi connectivity index (χ0v) is 9.52. The molecule has 0 unspecified atom stereocenters. The van der Waals surface area contributed by atoms with Crippen LogP contribution in [0.4, 0.5) is 0 Å². The summed E-state index contributed by atoms with van der Waals surface area (Å²) in [5, 5.41) is 9.56. The molecule has 0 saturated heterocycles. The van der Waals surface area contributed by atoms with Crippen LogP contribution in [-0.2, 0) is 0 Å². The first-order valence-electron chi connectivity index (χ1n) is 4.92. The highest BCUT2D eigenvalue weighted by molar-refractivity contribution is 6.33. The molecule has 17 heavy (non-hydrogen) atoms. The summed E-state index contributed by atoms with van der Waals surface area (Å²) in [7, 11) is 0. The predicted octanol–water partition coefficient (Wildman–Crippen LogP) is 3.26. The molecule has 0 atom stereocenters. The molecule has 3 nitrogen and oxygen atoms in total. The monoisotopic (exact) mass is 248 g/mol. The lowest BCUT2D eigenvalue weighted by Gasteiger charge is -2.05. The molecule has 86 valence electrons. The molecule has 0 aliphatic heterocycles. The van der Waals surface area contributed by atoms with Crippen molar-refractivity contribution in [3.8, 4) is 11.5 Å². The lowest BCUT2D eigenvalue weighted by molar-refractivity contribution is 0.0735. The Morgan fingerprint density at radius 2 is 1.88 bits per heavy atom. The second-order valence-corrected chi connectivity index (χ2v) is 3.77. The van der Waals surface area contributed by atoms with E-state index in [2.05, 4.69) is 0 Å². The molecule has 0 aromatic heterocycles. The van der Waals surface area contributed by atoms with Crippen molar-refractivity contribution in [1.82, 2.24) is 0 Å². The Morgan fingerprint density at radius 1 is 1.12 bits per heavy atom. The average molecular weight is 249 g/mol. The number of phenols is 1. The minimum absolute atomic E-state index is 0.0365. The van der Waals surface area contributed by atoms with Gasteiger partial charge >= 0.3 is 5.97 Å². The van der Waals surface area contributed by atoms with Gasteiger partial charge < -0.3 is 9.84 Å². The second-order valence-electron chi connectivity index (χ2n) is 3.37. The summed E-state index contributed by atoms with van der Waals surface area (Å²) in [5.74, 6) is -0.245. The van der Waals surface area contributed by atoms with Crippen LogP contribution in [0.2, 0.25) is 5.02 Å². The van der Waals surface area contributed by atoms with Crippen LogP contribution in [0.25, 0.3) is 0 Å². The molecule has 2 aromatic rings. The number of esters is 1. The van der Waals surface area contributed by atoms with Gasteiger partial charge in [0.25, 0.3) is 0 Å². The van der Waals surface area contributed by atoms with Gasteiger partial charge in [-0.3, -0.25) is 0 Å². The molecule has 1 N–H and O–H groups in total. The Hall–Kier alpha value is -2.00. The number of phenolic OH excluding ortho intramolecular Hbond substituents is 1. The lowest BCUT2D eigenvalue weighted by Crippen LogP contribution is -2.08. The van der Waals surface area contributed by atoms with Crippen molar-refractivity contribution < 1.29 is 14.6 Å². The predicted molar refractivity (Wildman–Crippen MR) is 64.5 cm³/mol. The second kappa shape index (κ2) is 4.89. The van der Waals surface area contributed by atoms with Crippen LogP contribution in [0.1, 0.15) is 10.4 Å². The maximum Gasteiger partial charge on any atom is 0.345 e. The highest BCUT2D eigenvalue weighted by Gasteiger charge is 2.12. The van der Waals surface area contributed by atoms with Crippen molar-refractivity contribution in [2.75, 3.05) is 0 Å². The third-order valence-corrected chi connectivity index (χ3v) is 2.45. The summed E-state index contributed by atoms with van der Waals surface area (Å²) in [6.07, 6.45) is 0. The van der Waals surface area contributed by atoms with E-state index in [4.69, 9.17) is 16.3 Å². The van der Waals surface area contributed by atoms with Crippen LogP contribution in [-0.4, -0.2) is 11.1 Å². The van der Waals surface area contributed by atoms with E-state index < -0.39 is 5.97 Å². The van der Waals surface area contributed by atoms with E-state index in [9.17, 15) is 9.90 Å². The van der Waals surface area contributed by atoms with Crippen molar-refractivity contribution in [1.29, 1.82) is 0 Å². The van der Waals surface area contributed by atoms with E-state index in [1.165, 1.54) is 12.1 Å². The topological polar surface area (TPSA) is 46.5 Å². The Bertz CT molecular complexity index is 552. The Morgan fingerprint density at radius 3 is 2.59 bits per heavy atom. The number of carbonyl (C=O) groups excluding carboxylic acids is 1. The Kier molecular flexibility index (Phi) is 3.30. The smallest absolute Gasteiger partial charge is 0.345 e. The molecule has 0 aliphatic rings. The van der Waals surface area contributed by atoms with E-state index in [1.807, 2.05) is 0 Å². The van der Waals surface area contributed by atoms with Crippen LogP contribution in [0.5, 0.6) is 11.5 Å². The summed E-state index contributed by atoms with van der Waals surface area (Å²) in [4.78, 5) is 11.8. The van der Waals surface area contributed by atoms with E-state index in [1.54, 1.807) is 36.4 Å². The summed E-state index contributed by atoms with van der Waals surface area (Å²) in [6, 6.07) is 12.6. The highest BCUT2D eigenvalue weighted by Crippen LogP contribution is 2.21.